The second-order valence-electron chi connectivity index (χ2n) is 5.35. The van der Waals surface area contributed by atoms with E-state index in [1.807, 2.05) is 4.90 Å². The topological polar surface area (TPSA) is 20.3 Å². The van der Waals surface area contributed by atoms with E-state index in [4.69, 9.17) is 0 Å². The Balaban J connectivity index is 4.19. The first-order chi connectivity index (χ1) is 5.72. The molecule has 0 radical (unpaired) electrons. The molecule has 2 nitrogen and oxygen atoms in total. The highest BCUT2D eigenvalue weighted by molar-refractivity contribution is 5.73. The summed E-state index contributed by atoms with van der Waals surface area (Å²) in [5.74, 6) is 0.731. The molecule has 0 rings (SSSR count). The summed E-state index contributed by atoms with van der Waals surface area (Å²) in [7, 11) is 0. The first kappa shape index (κ1) is 12.5. The van der Waals surface area contributed by atoms with Crippen LogP contribution >= 0.6 is 0 Å². The van der Waals surface area contributed by atoms with Gasteiger partial charge in [-0.3, -0.25) is 4.79 Å². The van der Waals surface area contributed by atoms with Gasteiger partial charge < -0.3 is 4.90 Å². The molecule has 0 aromatic heterocycles. The molecule has 0 aromatic carbocycles. The molecule has 0 aliphatic carbocycles. The monoisotopic (exact) mass is 185 g/mol. The van der Waals surface area contributed by atoms with Crippen molar-refractivity contribution in [2.75, 3.05) is 13.1 Å². The smallest absolute Gasteiger partial charge is 0.219 e. The molecule has 0 aliphatic heterocycles. The molecule has 0 N–H and O–H groups in total. The van der Waals surface area contributed by atoms with Crippen molar-refractivity contribution in [3.05, 3.63) is 0 Å². The fourth-order valence-electron chi connectivity index (χ4n) is 1.32. The number of rotatable bonds is 3. The molecule has 0 bridgehead atoms. The van der Waals surface area contributed by atoms with E-state index in [-0.39, 0.29) is 11.3 Å². The molecular formula is C11H23NO. The van der Waals surface area contributed by atoms with Gasteiger partial charge in [-0.15, -0.1) is 0 Å². The highest BCUT2D eigenvalue weighted by Gasteiger charge is 2.18. The number of amides is 1. The van der Waals surface area contributed by atoms with Gasteiger partial charge in [-0.2, -0.15) is 0 Å². The fraction of sp³-hybridized carbons (Fsp3) is 0.909. The lowest BCUT2D eigenvalue weighted by Crippen LogP contribution is -2.38. The summed E-state index contributed by atoms with van der Waals surface area (Å²) in [5, 5.41) is 0. The normalized spacial score (nSPS) is 11.9. The third-order valence-corrected chi connectivity index (χ3v) is 1.70. The van der Waals surface area contributed by atoms with Crippen LogP contribution in [0.4, 0.5) is 0 Å². The molecule has 13 heavy (non-hydrogen) atoms. The minimum atomic E-state index is 0.184. The molecule has 1 amide bonds. The van der Waals surface area contributed by atoms with Crippen LogP contribution in [-0.4, -0.2) is 23.9 Å². The number of hydrogen-bond acceptors (Lipinski definition) is 1. The van der Waals surface area contributed by atoms with E-state index in [1.54, 1.807) is 6.92 Å². The fourth-order valence-corrected chi connectivity index (χ4v) is 1.32. The van der Waals surface area contributed by atoms with Crippen LogP contribution in [0.25, 0.3) is 0 Å². The molecule has 0 atom stereocenters. The summed E-state index contributed by atoms with van der Waals surface area (Å²) in [6, 6.07) is 0. The zero-order valence-corrected chi connectivity index (χ0v) is 9.85. The SMILES string of the molecule is CC(=O)N(CC(C)C)CC(C)(C)C. The van der Waals surface area contributed by atoms with Crippen molar-refractivity contribution in [2.45, 2.75) is 41.5 Å². The molecule has 2 heteroatoms. The average Bonchev–Trinajstić information content (AvgIpc) is 1.81. The minimum Gasteiger partial charge on any atom is -0.342 e. The van der Waals surface area contributed by atoms with Gasteiger partial charge in [0.05, 0.1) is 0 Å². The Morgan fingerprint density at radius 2 is 1.77 bits per heavy atom. The summed E-state index contributed by atoms with van der Waals surface area (Å²) < 4.78 is 0. The van der Waals surface area contributed by atoms with Crippen molar-refractivity contribution in [2.24, 2.45) is 11.3 Å². The number of nitrogens with zero attached hydrogens (tertiary/aromatic N) is 1. The van der Waals surface area contributed by atoms with E-state index in [1.165, 1.54) is 0 Å². The van der Waals surface area contributed by atoms with Crippen LogP contribution in [0, 0.1) is 11.3 Å². The van der Waals surface area contributed by atoms with Crippen LogP contribution in [0.15, 0.2) is 0 Å². The van der Waals surface area contributed by atoms with Crippen molar-refractivity contribution in [1.29, 1.82) is 0 Å². The maximum atomic E-state index is 11.3. The highest BCUT2D eigenvalue weighted by atomic mass is 16.2. The molecule has 0 aromatic rings. The first-order valence-electron chi connectivity index (χ1n) is 4.98. The van der Waals surface area contributed by atoms with Crippen molar-refractivity contribution in [1.82, 2.24) is 4.90 Å². The number of hydrogen-bond donors (Lipinski definition) is 0. The zero-order chi connectivity index (χ0) is 10.6. The predicted molar refractivity (Wildman–Crippen MR) is 56.5 cm³/mol. The number of carbonyl (C=O) groups excluding carboxylic acids is 1. The van der Waals surface area contributed by atoms with Crippen LogP contribution in [-0.2, 0) is 4.79 Å². The summed E-state index contributed by atoms with van der Waals surface area (Å²) in [6.45, 7) is 14.1. The van der Waals surface area contributed by atoms with E-state index in [0.717, 1.165) is 13.1 Å². The molecule has 0 unspecified atom stereocenters. The van der Waals surface area contributed by atoms with Gasteiger partial charge in [-0.25, -0.2) is 0 Å². The molecule has 0 fully saturated rings. The van der Waals surface area contributed by atoms with Gasteiger partial charge in [0.25, 0.3) is 0 Å². The van der Waals surface area contributed by atoms with Crippen LogP contribution in [0.2, 0.25) is 0 Å². The molecule has 0 saturated carbocycles. The molecular weight excluding hydrogens is 162 g/mol. The largest absolute Gasteiger partial charge is 0.342 e. The van der Waals surface area contributed by atoms with Gasteiger partial charge in [-0.05, 0) is 11.3 Å². The first-order valence-corrected chi connectivity index (χ1v) is 4.98. The Kier molecular flexibility index (Phi) is 4.45. The number of carbonyl (C=O) groups is 1. The quantitative estimate of drug-likeness (QED) is 0.661. The lowest BCUT2D eigenvalue weighted by atomic mass is 9.95. The second kappa shape index (κ2) is 4.64. The van der Waals surface area contributed by atoms with Gasteiger partial charge in [0.15, 0.2) is 0 Å². The Morgan fingerprint density at radius 1 is 1.31 bits per heavy atom. The Morgan fingerprint density at radius 3 is 2.00 bits per heavy atom. The van der Waals surface area contributed by atoms with E-state index in [9.17, 15) is 4.79 Å². The van der Waals surface area contributed by atoms with Crippen molar-refractivity contribution in [3.63, 3.8) is 0 Å². The lowest BCUT2D eigenvalue weighted by molar-refractivity contribution is -0.130. The molecule has 0 spiro atoms. The van der Waals surface area contributed by atoms with E-state index >= 15 is 0 Å². The standard InChI is InChI=1S/C11H23NO/c1-9(2)7-12(10(3)13)8-11(4,5)6/h9H,7-8H2,1-6H3. The summed E-state index contributed by atoms with van der Waals surface area (Å²) >= 11 is 0. The van der Waals surface area contributed by atoms with Gasteiger partial charge >= 0.3 is 0 Å². The summed E-state index contributed by atoms with van der Waals surface area (Å²) in [5.41, 5.74) is 0.195. The molecule has 0 saturated heterocycles. The van der Waals surface area contributed by atoms with Crippen molar-refractivity contribution < 1.29 is 4.79 Å². The maximum Gasteiger partial charge on any atom is 0.219 e. The predicted octanol–water partition coefficient (Wildman–Crippen LogP) is 2.54. The van der Waals surface area contributed by atoms with Gasteiger partial charge in [0, 0.05) is 20.0 Å². The lowest BCUT2D eigenvalue weighted by Gasteiger charge is -2.30. The van der Waals surface area contributed by atoms with Crippen LogP contribution < -0.4 is 0 Å². The summed E-state index contributed by atoms with van der Waals surface area (Å²) in [6.07, 6.45) is 0. The van der Waals surface area contributed by atoms with Crippen LogP contribution in [0.1, 0.15) is 41.5 Å². The third-order valence-electron chi connectivity index (χ3n) is 1.70. The van der Waals surface area contributed by atoms with Crippen LogP contribution in [0.3, 0.4) is 0 Å². The molecule has 0 aliphatic rings. The van der Waals surface area contributed by atoms with E-state index < -0.39 is 0 Å². The minimum absolute atomic E-state index is 0.184. The van der Waals surface area contributed by atoms with Gasteiger partial charge in [0.1, 0.15) is 0 Å². The Labute approximate surface area is 82.3 Å². The van der Waals surface area contributed by atoms with Crippen molar-refractivity contribution >= 4 is 5.91 Å². The Bertz CT molecular complexity index is 167. The Hall–Kier alpha value is -0.530. The molecule has 0 heterocycles. The highest BCUT2D eigenvalue weighted by Crippen LogP contribution is 2.16. The summed E-state index contributed by atoms with van der Waals surface area (Å²) in [4.78, 5) is 13.2. The van der Waals surface area contributed by atoms with Gasteiger partial charge in [0.2, 0.25) is 5.91 Å². The third kappa shape index (κ3) is 6.62. The average molecular weight is 185 g/mol. The molecule has 78 valence electrons. The zero-order valence-electron chi connectivity index (χ0n) is 9.85. The van der Waals surface area contributed by atoms with Gasteiger partial charge in [-0.1, -0.05) is 34.6 Å². The van der Waals surface area contributed by atoms with E-state index in [2.05, 4.69) is 34.6 Å². The van der Waals surface area contributed by atoms with E-state index in [0.29, 0.717) is 5.92 Å². The maximum absolute atomic E-state index is 11.3. The van der Waals surface area contributed by atoms with Crippen LogP contribution in [0.5, 0.6) is 0 Å². The van der Waals surface area contributed by atoms with Crippen molar-refractivity contribution in [3.8, 4) is 0 Å². The second-order valence-corrected chi connectivity index (χ2v) is 5.35.